The van der Waals surface area contributed by atoms with Crippen molar-refractivity contribution in [3.63, 3.8) is 0 Å². The third-order valence-corrected chi connectivity index (χ3v) is 4.61. The van der Waals surface area contributed by atoms with Crippen LogP contribution in [0, 0.1) is 5.92 Å². The van der Waals surface area contributed by atoms with Crippen molar-refractivity contribution in [2.45, 2.75) is 31.4 Å². The Hall–Kier alpha value is -2.41. The molecule has 4 rings (SSSR count). The van der Waals surface area contributed by atoms with Gasteiger partial charge in [-0.05, 0) is 42.0 Å². The van der Waals surface area contributed by atoms with E-state index in [-0.39, 0.29) is 29.8 Å². The molecule has 2 heterocycles. The van der Waals surface area contributed by atoms with Gasteiger partial charge in [-0.1, -0.05) is 6.07 Å². The van der Waals surface area contributed by atoms with Crippen molar-refractivity contribution in [2.24, 2.45) is 5.92 Å². The van der Waals surface area contributed by atoms with Gasteiger partial charge in [-0.2, -0.15) is 5.10 Å². The van der Waals surface area contributed by atoms with Crippen LogP contribution >= 0.6 is 0 Å². The monoisotopic (exact) mass is 314 g/mol. The van der Waals surface area contributed by atoms with Crippen LogP contribution in [0.4, 0.5) is 0 Å². The molecule has 0 spiro atoms. The summed E-state index contributed by atoms with van der Waals surface area (Å²) >= 11 is 0. The van der Waals surface area contributed by atoms with Gasteiger partial charge in [-0.15, -0.1) is 0 Å². The molecule has 23 heavy (non-hydrogen) atoms. The first-order chi connectivity index (χ1) is 11.2. The Kier molecular flexibility index (Phi) is 3.49. The van der Waals surface area contributed by atoms with Gasteiger partial charge in [0.2, 0.25) is 5.82 Å². The standard InChI is InChI=1S/C16H18N4O3/c21-12-6-11(7-12)14(19-16(22)15-17-8-18-20-15)10-1-2-13-9(5-10)3-4-23-13/h1-2,5,8,11-12,14,21H,3-4,6-7H2,(H,19,22)(H,17,18,20)/t11?,12?,14-/m1/s1. The van der Waals surface area contributed by atoms with Gasteiger partial charge in [0.1, 0.15) is 12.1 Å². The van der Waals surface area contributed by atoms with Crippen molar-refractivity contribution < 1.29 is 14.6 Å². The molecule has 0 bridgehead atoms. The van der Waals surface area contributed by atoms with Crippen LogP contribution in [0.25, 0.3) is 0 Å². The molecule has 0 radical (unpaired) electrons. The van der Waals surface area contributed by atoms with E-state index in [0.29, 0.717) is 19.4 Å². The number of carbonyl (C=O) groups excluding carboxylic acids is 1. The number of hydrogen-bond donors (Lipinski definition) is 3. The molecular weight excluding hydrogens is 296 g/mol. The normalized spacial score (nSPS) is 23.5. The SMILES string of the molecule is O=C(N[C@H](c1ccc2c(c1)CCO2)C1CC(O)C1)c1ncn[nH]1. The Balaban J connectivity index is 1.59. The second-order valence-electron chi connectivity index (χ2n) is 6.14. The molecule has 2 aliphatic rings. The zero-order chi connectivity index (χ0) is 15.8. The van der Waals surface area contributed by atoms with Gasteiger partial charge in [0.15, 0.2) is 0 Å². The number of aliphatic hydroxyl groups excluding tert-OH is 1. The van der Waals surface area contributed by atoms with Crippen molar-refractivity contribution in [1.82, 2.24) is 20.5 Å². The fourth-order valence-electron chi connectivity index (χ4n) is 3.30. The van der Waals surface area contributed by atoms with Crippen molar-refractivity contribution in [1.29, 1.82) is 0 Å². The minimum absolute atomic E-state index is 0.151. The second kappa shape index (κ2) is 5.66. The van der Waals surface area contributed by atoms with Crippen LogP contribution in [0.15, 0.2) is 24.5 Å². The Labute approximate surface area is 133 Å². The first kappa shape index (κ1) is 14.2. The topological polar surface area (TPSA) is 100 Å². The van der Waals surface area contributed by atoms with E-state index in [4.69, 9.17) is 4.74 Å². The van der Waals surface area contributed by atoms with E-state index in [1.807, 2.05) is 12.1 Å². The number of H-pyrrole nitrogens is 1. The number of nitrogens with one attached hydrogen (secondary N) is 2. The fourth-order valence-corrected chi connectivity index (χ4v) is 3.30. The smallest absolute Gasteiger partial charge is 0.289 e. The summed E-state index contributed by atoms with van der Waals surface area (Å²) in [7, 11) is 0. The number of ether oxygens (including phenoxy) is 1. The summed E-state index contributed by atoms with van der Waals surface area (Å²) in [4.78, 5) is 16.2. The van der Waals surface area contributed by atoms with E-state index in [2.05, 4.69) is 26.6 Å². The molecule has 1 aliphatic heterocycles. The number of benzene rings is 1. The number of aliphatic hydroxyl groups is 1. The number of aromatic amines is 1. The van der Waals surface area contributed by atoms with Gasteiger partial charge in [0.25, 0.3) is 5.91 Å². The van der Waals surface area contributed by atoms with E-state index in [1.165, 1.54) is 11.9 Å². The average Bonchev–Trinajstić information content (AvgIpc) is 3.19. The Morgan fingerprint density at radius 3 is 3.04 bits per heavy atom. The van der Waals surface area contributed by atoms with E-state index >= 15 is 0 Å². The molecule has 3 N–H and O–H groups in total. The molecule has 0 saturated heterocycles. The van der Waals surface area contributed by atoms with Crippen LogP contribution in [0.1, 0.15) is 40.6 Å². The minimum atomic E-state index is -0.286. The highest BCUT2D eigenvalue weighted by molar-refractivity contribution is 5.90. The maximum absolute atomic E-state index is 12.3. The lowest BCUT2D eigenvalue weighted by atomic mass is 9.75. The molecule has 1 aromatic carbocycles. The van der Waals surface area contributed by atoms with Gasteiger partial charge in [-0.25, -0.2) is 4.98 Å². The molecule has 1 aromatic heterocycles. The number of amides is 1. The van der Waals surface area contributed by atoms with Gasteiger partial charge in [-0.3, -0.25) is 9.89 Å². The van der Waals surface area contributed by atoms with Crippen LogP contribution in [0.2, 0.25) is 0 Å². The molecule has 0 unspecified atom stereocenters. The van der Waals surface area contributed by atoms with E-state index in [9.17, 15) is 9.90 Å². The number of rotatable bonds is 4. The molecule has 120 valence electrons. The largest absolute Gasteiger partial charge is 0.493 e. The third kappa shape index (κ3) is 2.68. The lowest BCUT2D eigenvalue weighted by Gasteiger charge is -2.38. The fraction of sp³-hybridized carbons (Fsp3) is 0.438. The van der Waals surface area contributed by atoms with Crippen LogP contribution in [-0.2, 0) is 6.42 Å². The van der Waals surface area contributed by atoms with E-state index < -0.39 is 0 Å². The van der Waals surface area contributed by atoms with Gasteiger partial charge >= 0.3 is 0 Å². The number of fused-ring (bicyclic) bond motifs is 1. The maximum Gasteiger partial charge on any atom is 0.289 e. The van der Waals surface area contributed by atoms with Gasteiger partial charge < -0.3 is 15.2 Å². The summed E-state index contributed by atoms with van der Waals surface area (Å²) in [5, 5.41) is 18.9. The van der Waals surface area contributed by atoms with Crippen LogP contribution in [0.3, 0.4) is 0 Å². The number of nitrogens with zero attached hydrogens (tertiary/aromatic N) is 2. The predicted molar refractivity (Wildman–Crippen MR) is 81.0 cm³/mol. The van der Waals surface area contributed by atoms with E-state index in [1.54, 1.807) is 0 Å². The molecule has 7 nitrogen and oxygen atoms in total. The zero-order valence-electron chi connectivity index (χ0n) is 12.5. The highest BCUT2D eigenvalue weighted by Gasteiger charge is 2.36. The maximum atomic E-state index is 12.3. The summed E-state index contributed by atoms with van der Waals surface area (Å²) in [5.74, 6) is 1.05. The summed E-state index contributed by atoms with van der Waals surface area (Å²) in [6, 6.07) is 5.89. The lowest BCUT2D eigenvalue weighted by Crippen LogP contribution is -2.41. The summed E-state index contributed by atoms with van der Waals surface area (Å²) < 4.78 is 5.54. The van der Waals surface area contributed by atoms with E-state index in [0.717, 1.165) is 17.7 Å². The second-order valence-corrected chi connectivity index (χ2v) is 6.14. The molecule has 2 aromatic rings. The first-order valence-electron chi connectivity index (χ1n) is 7.80. The molecule has 1 saturated carbocycles. The van der Waals surface area contributed by atoms with Crippen LogP contribution in [-0.4, -0.2) is 38.9 Å². The summed E-state index contributed by atoms with van der Waals surface area (Å²) in [5.41, 5.74) is 2.21. The van der Waals surface area contributed by atoms with Crippen molar-refractivity contribution in [3.05, 3.63) is 41.5 Å². The van der Waals surface area contributed by atoms with Crippen LogP contribution in [0.5, 0.6) is 5.75 Å². The zero-order valence-corrected chi connectivity index (χ0v) is 12.5. The van der Waals surface area contributed by atoms with Crippen LogP contribution < -0.4 is 10.1 Å². The quantitative estimate of drug-likeness (QED) is 0.781. The molecule has 1 atom stereocenters. The number of carbonyl (C=O) groups is 1. The van der Waals surface area contributed by atoms with Gasteiger partial charge in [0, 0.05) is 6.42 Å². The average molecular weight is 314 g/mol. The predicted octanol–water partition coefficient (Wildman–Crippen LogP) is 0.982. The van der Waals surface area contributed by atoms with Gasteiger partial charge in [0.05, 0.1) is 18.8 Å². The summed E-state index contributed by atoms with van der Waals surface area (Å²) in [6.45, 7) is 0.704. The highest BCUT2D eigenvalue weighted by atomic mass is 16.5. The molecule has 7 heteroatoms. The van der Waals surface area contributed by atoms with Crippen molar-refractivity contribution >= 4 is 5.91 Å². The molecule has 1 amide bonds. The number of hydrogen-bond acceptors (Lipinski definition) is 5. The third-order valence-electron chi connectivity index (χ3n) is 4.61. The summed E-state index contributed by atoms with van der Waals surface area (Å²) in [6.07, 6.45) is 3.30. The van der Waals surface area contributed by atoms with Crippen molar-refractivity contribution in [2.75, 3.05) is 6.61 Å². The molecular formula is C16H18N4O3. The van der Waals surface area contributed by atoms with Crippen molar-refractivity contribution in [3.8, 4) is 5.75 Å². The highest BCUT2D eigenvalue weighted by Crippen LogP contribution is 2.39. The first-order valence-corrected chi connectivity index (χ1v) is 7.80. The molecule has 1 aliphatic carbocycles. The Bertz CT molecular complexity index is 710. The minimum Gasteiger partial charge on any atom is -0.493 e. The lowest BCUT2D eigenvalue weighted by molar-refractivity contribution is 0.0234. The Morgan fingerprint density at radius 2 is 2.30 bits per heavy atom. The molecule has 1 fully saturated rings. The number of aromatic nitrogens is 3. The Morgan fingerprint density at radius 1 is 1.43 bits per heavy atom.